The summed E-state index contributed by atoms with van der Waals surface area (Å²) < 4.78 is 33.5. The molecule has 130 valence electrons. The lowest BCUT2D eigenvalue weighted by molar-refractivity contribution is 0.230. The van der Waals surface area contributed by atoms with E-state index in [4.69, 9.17) is 4.74 Å². The van der Waals surface area contributed by atoms with E-state index in [0.29, 0.717) is 5.82 Å². The van der Waals surface area contributed by atoms with Crippen LogP contribution in [0.2, 0.25) is 0 Å². The number of urea groups is 1. The maximum absolute atomic E-state index is 12.2. The number of sulfonamides is 1. The van der Waals surface area contributed by atoms with E-state index in [2.05, 4.69) is 20.0 Å². The lowest BCUT2D eigenvalue weighted by atomic mass is 10.1. The molecule has 0 spiro atoms. The van der Waals surface area contributed by atoms with Crippen molar-refractivity contribution in [1.29, 1.82) is 0 Å². The van der Waals surface area contributed by atoms with E-state index in [0.717, 1.165) is 0 Å². The third-order valence-corrected chi connectivity index (χ3v) is 4.53. The average molecular weight is 360 g/mol. The van der Waals surface area contributed by atoms with Crippen molar-refractivity contribution in [3.05, 3.63) is 48.2 Å². The first-order valence-electron chi connectivity index (χ1n) is 7.51. The molecule has 1 aromatic heterocycles. The summed E-state index contributed by atoms with van der Waals surface area (Å²) in [5, 5.41) is 5.18. The van der Waals surface area contributed by atoms with Crippen molar-refractivity contribution in [2.75, 3.05) is 10.6 Å². The standard InChI is InChI=1S/C16H16N4O4S/c1-10(2)24-15-14-11(6-5-7-12(14)25(22,23)20-15)18-16(21)19-13-8-3-4-9-17-13/h3-10H,1-2H3,(H2,17,18,19,21). The van der Waals surface area contributed by atoms with Gasteiger partial charge in [0.2, 0.25) is 5.90 Å². The monoisotopic (exact) mass is 360 g/mol. The van der Waals surface area contributed by atoms with Crippen LogP contribution in [0.1, 0.15) is 19.4 Å². The number of aromatic nitrogens is 1. The topological polar surface area (TPSA) is 110 Å². The number of carbonyl (C=O) groups is 1. The van der Waals surface area contributed by atoms with Crippen LogP contribution in [0.4, 0.5) is 16.3 Å². The third-order valence-electron chi connectivity index (χ3n) is 3.22. The van der Waals surface area contributed by atoms with Gasteiger partial charge in [-0.15, -0.1) is 4.40 Å². The fourth-order valence-corrected chi connectivity index (χ4v) is 3.44. The Labute approximate surface area is 145 Å². The number of anilines is 2. The van der Waals surface area contributed by atoms with Gasteiger partial charge >= 0.3 is 6.03 Å². The number of benzene rings is 1. The molecule has 2 aromatic rings. The van der Waals surface area contributed by atoms with Gasteiger partial charge < -0.3 is 10.1 Å². The zero-order valence-corrected chi connectivity index (χ0v) is 14.4. The van der Waals surface area contributed by atoms with Gasteiger partial charge in [0.1, 0.15) is 10.7 Å². The van der Waals surface area contributed by atoms with Crippen molar-refractivity contribution >= 4 is 33.5 Å². The number of nitrogens with zero attached hydrogens (tertiary/aromatic N) is 2. The first-order valence-corrected chi connectivity index (χ1v) is 8.95. The second-order valence-electron chi connectivity index (χ2n) is 5.51. The normalized spacial score (nSPS) is 14.6. The van der Waals surface area contributed by atoms with E-state index in [9.17, 15) is 13.2 Å². The fourth-order valence-electron chi connectivity index (χ4n) is 2.29. The summed E-state index contributed by atoms with van der Waals surface area (Å²) in [5.41, 5.74) is 0.527. The molecule has 0 saturated heterocycles. The van der Waals surface area contributed by atoms with Gasteiger partial charge in [0.15, 0.2) is 0 Å². The van der Waals surface area contributed by atoms with Gasteiger partial charge in [-0.25, -0.2) is 9.78 Å². The zero-order valence-electron chi connectivity index (χ0n) is 13.6. The molecule has 0 saturated carbocycles. The molecule has 9 heteroatoms. The van der Waals surface area contributed by atoms with Crippen molar-refractivity contribution in [2.45, 2.75) is 24.8 Å². The molecular formula is C16H16N4O4S. The summed E-state index contributed by atoms with van der Waals surface area (Å²) in [6.45, 7) is 3.52. The number of ether oxygens (including phenoxy) is 1. The summed E-state index contributed by atoms with van der Waals surface area (Å²) in [6.07, 6.45) is 1.28. The molecule has 0 aliphatic carbocycles. The lowest BCUT2D eigenvalue weighted by Gasteiger charge is -2.13. The van der Waals surface area contributed by atoms with Gasteiger partial charge in [-0.1, -0.05) is 12.1 Å². The van der Waals surface area contributed by atoms with Gasteiger partial charge in [0.25, 0.3) is 10.0 Å². The first kappa shape index (κ1) is 16.9. The Bertz CT molecular complexity index is 940. The Morgan fingerprint density at radius 1 is 1.12 bits per heavy atom. The Balaban J connectivity index is 1.90. The van der Waals surface area contributed by atoms with Crippen LogP contribution in [0.3, 0.4) is 0 Å². The predicted octanol–water partition coefficient (Wildman–Crippen LogP) is 2.60. The minimum atomic E-state index is -3.84. The number of nitrogens with one attached hydrogen (secondary N) is 2. The summed E-state index contributed by atoms with van der Waals surface area (Å²) in [6, 6.07) is 9.07. The zero-order chi connectivity index (χ0) is 18.0. The van der Waals surface area contributed by atoms with Crippen LogP contribution in [0.5, 0.6) is 0 Å². The SMILES string of the molecule is CC(C)OC1=NS(=O)(=O)c2cccc(NC(=O)Nc3ccccn3)c21. The van der Waals surface area contributed by atoms with Gasteiger partial charge in [-0.3, -0.25) is 5.32 Å². The molecule has 2 N–H and O–H groups in total. The summed E-state index contributed by atoms with van der Waals surface area (Å²) >= 11 is 0. The van der Waals surface area contributed by atoms with Crippen LogP contribution >= 0.6 is 0 Å². The molecule has 2 heterocycles. The number of amides is 2. The molecule has 1 aliphatic rings. The number of rotatable bonds is 3. The van der Waals surface area contributed by atoms with Crippen LogP contribution in [-0.2, 0) is 14.8 Å². The Morgan fingerprint density at radius 2 is 1.92 bits per heavy atom. The highest BCUT2D eigenvalue weighted by atomic mass is 32.2. The summed E-state index contributed by atoms with van der Waals surface area (Å²) in [4.78, 5) is 16.2. The minimum absolute atomic E-state index is 0.00112. The number of carbonyl (C=O) groups excluding carboxylic acids is 1. The van der Waals surface area contributed by atoms with Crippen LogP contribution in [0.15, 0.2) is 51.9 Å². The van der Waals surface area contributed by atoms with Gasteiger partial charge in [-0.05, 0) is 38.1 Å². The fraction of sp³-hybridized carbons (Fsp3) is 0.188. The second kappa shape index (κ2) is 6.52. The van der Waals surface area contributed by atoms with E-state index >= 15 is 0 Å². The smallest absolute Gasteiger partial charge is 0.324 e. The maximum atomic E-state index is 12.2. The lowest BCUT2D eigenvalue weighted by Crippen LogP contribution is -2.22. The molecule has 0 radical (unpaired) electrons. The van der Waals surface area contributed by atoms with Crippen molar-refractivity contribution < 1.29 is 17.9 Å². The molecule has 1 aliphatic heterocycles. The van der Waals surface area contributed by atoms with Crippen molar-refractivity contribution in [3.63, 3.8) is 0 Å². The van der Waals surface area contributed by atoms with Crippen LogP contribution in [0, 0.1) is 0 Å². The number of fused-ring (bicyclic) bond motifs is 1. The predicted molar refractivity (Wildman–Crippen MR) is 93.3 cm³/mol. The van der Waals surface area contributed by atoms with Crippen molar-refractivity contribution in [2.24, 2.45) is 4.40 Å². The Hall–Kier alpha value is -2.94. The number of pyridine rings is 1. The molecule has 1 aromatic carbocycles. The molecule has 2 amide bonds. The summed E-state index contributed by atoms with van der Waals surface area (Å²) in [5.74, 6) is 0.339. The van der Waals surface area contributed by atoms with Crippen LogP contribution in [0.25, 0.3) is 0 Å². The van der Waals surface area contributed by atoms with E-state index in [1.54, 1.807) is 44.3 Å². The molecule has 0 atom stereocenters. The minimum Gasteiger partial charge on any atom is -0.474 e. The van der Waals surface area contributed by atoms with Gasteiger partial charge in [0.05, 0.1) is 17.4 Å². The second-order valence-corrected chi connectivity index (χ2v) is 7.08. The van der Waals surface area contributed by atoms with E-state index < -0.39 is 16.1 Å². The molecular weight excluding hydrogens is 344 g/mol. The molecule has 25 heavy (non-hydrogen) atoms. The van der Waals surface area contributed by atoms with E-state index in [1.165, 1.54) is 12.1 Å². The third kappa shape index (κ3) is 3.61. The van der Waals surface area contributed by atoms with E-state index in [-0.39, 0.29) is 28.1 Å². The highest BCUT2D eigenvalue weighted by Crippen LogP contribution is 2.32. The average Bonchev–Trinajstić information content (AvgIpc) is 2.79. The first-order chi connectivity index (χ1) is 11.9. The highest BCUT2D eigenvalue weighted by molar-refractivity contribution is 7.90. The largest absolute Gasteiger partial charge is 0.474 e. The molecule has 0 fully saturated rings. The molecule has 8 nitrogen and oxygen atoms in total. The van der Waals surface area contributed by atoms with Crippen molar-refractivity contribution in [3.8, 4) is 0 Å². The number of hydrogen-bond donors (Lipinski definition) is 2. The van der Waals surface area contributed by atoms with Crippen LogP contribution < -0.4 is 10.6 Å². The molecule has 0 unspecified atom stereocenters. The summed E-state index contributed by atoms with van der Waals surface area (Å²) in [7, 11) is -3.84. The number of hydrogen-bond acceptors (Lipinski definition) is 5. The van der Waals surface area contributed by atoms with Crippen LogP contribution in [-0.4, -0.2) is 31.4 Å². The quantitative estimate of drug-likeness (QED) is 0.874. The molecule has 3 rings (SSSR count). The van der Waals surface area contributed by atoms with Gasteiger partial charge in [0, 0.05) is 6.20 Å². The highest BCUT2D eigenvalue weighted by Gasteiger charge is 2.33. The maximum Gasteiger partial charge on any atom is 0.324 e. The van der Waals surface area contributed by atoms with Gasteiger partial charge in [-0.2, -0.15) is 8.42 Å². The Morgan fingerprint density at radius 3 is 2.60 bits per heavy atom. The Kier molecular flexibility index (Phi) is 4.41. The van der Waals surface area contributed by atoms with E-state index in [1.807, 2.05) is 0 Å². The molecule has 0 bridgehead atoms. The van der Waals surface area contributed by atoms with Crippen molar-refractivity contribution in [1.82, 2.24) is 4.98 Å².